The van der Waals surface area contributed by atoms with Gasteiger partial charge in [0.05, 0.1) is 24.2 Å². The SMILES string of the molecule is Cc1ncn(CC(CO)(NC(C)C)C2CC2)c1C. The quantitative estimate of drug-likeness (QED) is 0.808. The summed E-state index contributed by atoms with van der Waals surface area (Å²) in [6, 6.07) is 0.377. The molecule has 0 saturated heterocycles. The molecule has 2 N–H and O–H groups in total. The molecule has 18 heavy (non-hydrogen) atoms. The monoisotopic (exact) mass is 251 g/mol. The Balaban J connectivity index is 2.21. The van der Waals surface area contributed by atoms with E-state index in [1.54, 1.807) is 0 Å². The van der Waals surface area contributed by atoms with Gasteiger partial charge < -0.3 is 15.0 Å². The van der Waals surface area contributed by atoms with Crippen LogP contribution in [0.5, 0.6) is 0 Å². The normalized spacial score (nSPS) is 19.2. The number of imidazole rings is 1. The zero-order chi connectivity index (χ0) is 13.3. The van der Waals surface area contributed by atoms with Crippen molar-refractivity contribution < 1.29 is 5.11 Å². The van der Waals surface area contributed by atoms with E-state index in [0.29, 0.717) is 12.0 Å². The summed E-state index contributed by atoms with van der Waals surface area (Å²) in [5.74, 6) is 0.590. The van der Waals surface area contributed by atoms with Crippen LogP contribution in [-0.4, -0.2) is 32.8 Å². The highest BCUT2D eigenvalue weighted by Crippen LogP contribution is 2.41. The molecule has 0 amide bonds. The number of hydrogen-bond acceptors (Lipinski definition) is 3. The number of aryl methyl sites for hydroxylation is 1. The molecule has 1 atom stereocenters. The predicted molar refractivity (Wildman–Crippen MR) is 72.5 cm³/mol. The number of aromatic nitrogens is 2. The van der Waals surface area contributed by atoms with Gasteiger partial charge in [-0.2, -0.15) is 0 Å². The molecule has 1 heterocycles. The highest BCUT2D eigenvalue weighted by Gasteiger charge is 2.45. The van der Waals surface area contributed by atoms with Gasteiger partial charge in [-0.3, -0.25) is 0 Å². The van der Waals surface area contributed by atoms with Crippen molar-refractivity contribution in [3.05, 3.63) is 17.7 Å². The Hall–Kier alpha value is -0.870. The number of hydrogen-bond donors (Lipinski definition) is 2. The number of aliphatic hydroxyl groups is 1. The molecule has 4 nitrogen and oxygen atoms in total. The van der Waals surface area contributed by atoms with Crippen molar-refractivity contribution in [2.75, 3.05) is 6.61 Å². The highest BCUT2D eigenvalue weighted by atomic mass is 16.3. The Morgan fingerprint density at radius 3 is 2.56 bits per heavy atom. The summed E-state index contributed by atoms with van der Waals surface area (Å²) in [5.41, 5.74) is 2.08. The van der Waals surface area contributed by atoms with E-state index in [4.69, 9.17) is 0 Å². The van der Waals surface area contributed by atoms with Crippen molar-refractivity contribution in [3.8, 4) is 0 Å². The van der Waals surface area contributed by atoms with E-state index < -0.39 is 0 Å². The van der Waals surface area contributed by atoms with E-state index in [1.807, 2.05) is 13.3 Å². The number of aliphatic hydroxyl groups excluding tert-OH is 1. The van der Waals surface area contributed by atoms with Crippen LogP contribution < -0.4 is 5.32 Å². The Bertz CT molecular complexity index is 409. The molecule has 0 bridgehead atoms. The largest absolute Gasteiger partial charge is 0.394 e. The lowest BCUT2D eigenvalue weighted by Crippen LogP contribution is -2.56. The van der Waals surface area contributed by atoms with Crippen molar-refractivity contribution in [2.45, 2.75) is 58.7 Å². The standard InChI is InChI=1S/C14H25N3O/c1-10(2)16-14(8-18,13-5-6-13)7-17-9-15-11(3)12(17)4/h9-10,13,16,18H,5-8H2,1-4H3. The van der Waals surface area contributed by atoms with Crippen molar-refractivity contribution >= 4 is 0 Å². The Labute approximate surface area is 109 Å². The Morgan fingerprint density at radius 2 is 2.17 bits per heavy atom. The molecule has 0 aliphatic heterocycles. The minimum atomic E-state index is -0.188. The average molecular weight is 251 g/mol. The fourth-order valence-corrected chi connectivity index (χ4v) is 2.74. The molecule has 4 heteroatoms. The molecular weight excluding hydrogens is 226 g/mol. The number of rotatable bonds is 6. The van der Waals surface area contributed by atoms with Crippen molar-refractivity contribution in [2.24, 2.45) is 5.92 Å². The smallest absolute Gasteiger partial charge is 0.0952 e. The van der Waals surface area contributed by atoms with Crippen LogP contribution in [0.1, 0.15) is 38.1 Å². The maximum Gasteiger partial charge on any atom is 0.0952 e. The third-order valence-electron chi connectivity index (χ3n) is 4.01. The van der Waals surface area contributed by atoms with E-state index >= 15 is 0 Å². The zero-order valence-electron chi connectivity index (χ0n) is 11.9. The molecule has 1 aliphatic carbocycles. The van der Waals surface area contributed by atoms with Crippen LogP contribution in [0.3, 0.4) is 0 Å². The predicted octanol–water partition coefficient (Wildman–Crippen LogP) is 1.64. The Kier molecular flexibility index (Phi) is 3.78. The van der Waals surface area contributed by atoms with Crippen molar-refractivity contribution in [3.63, 3.8) is 0 Å². The highest BCUT2D eigenvalue weighted by molar-refractivity contribution is 5.11. The zero-order valence-corrected chi connectivity index (χ0v) is 11.9. The van der Waals surface area contributed by atoms with Gasteiger partial charge in [0.15, 0.2) is 0 Å². The van der Waals surface area contributed by atoms with E-state index in [9.17, 15) is 5.11 Å². The number of nitrogens with one attached hydrogen (secondary N) is 1. The van der Waals surface area contributed by atoms with E-state index in [0.717, 1.165) is 12.2 Å². The Morgan fingerprint density at radius 1 is 1.50 bits per heavy atom. The van der Waals surface area contributed by atoms with Crippen LogP contribution in [-0.2, 0) is 6.54 Å². The van der Waals surface area contributed by atoms with Gasteiger partial charge in [0.25, 0.3) is 0 Å². The first-order valence-corrected chi connectivity index (χ1v) is 6.85. The van der Waals surface area contributed by atoms with Crippen LogP contribution >= 0.6 is 0 Å². The lowest BCUT2D eigenvalue weighted by atomic mass is 9.92. The summed E-state index contributed by atoms with van der Waals surface area (Å²) in [6.07, 6.45) is 4.32. The summed E-state index contributed by atoms with van der Waals surface area (Å²) in [4.78, 5) is 4.35. The summed E-state index contributed by atoms with van der Waals surface area (Å²) in [7, 11) is 0. The van der Waals surface area contributed by atoms with Crippen molar-refractivity contribution in [1.82, 2.24) is 14.9 Å². The van der Waals surface area contributed by atoms with E-state index in [2.05, 4.69) is 35.6 Å². The molecule has 0 aromatic carbocycles. The van der Waals surface area contributed by atoms with Gasteiger partial charge >= 0.3 is 0 Å². The van der Waals surface area contributed by atoms with Crippen LogP contribution in [0.2, 0.25) is 0 Å². The molecule has 0 radical (unpaired) electrons. The van der Waals surface area contributed by atoms with Crippen LogP contribution in [0.15, 0.2) is 6.33 Å². The lowest BCUT2D eigenvalue weighted by molar-refractivity contribution is 0.113. The van der Waals surface area contributed by atoms with Gasteiger partial charge in [-0.25, -0.2) is 4.98 Å². The second kappa shape index (κ2) is 5.02. The summed E-state index contributed by atoms with van der Waals surface area (Å²) < 4.78 is 2.17. The fraction of sp³-hybridized carbons (Fsp3) is 0.786. The molecule has 1 aliphatic rings. The third kappa shape index (κ3) is 2.59. The molecule has 2 rings (SSSR count). The number of nitrogens with zero attached hydrogens (tertiary/aromatic N) is 2. The summed E-state index contributed by atoms with van der Waals surface area (Å²) >= 11 is 0. The van der Waals surface area contributed by atoms with Crippen LogP contribution in [0.4, 0.5) is 0 Å². The molecule has 1 aromatic rings. The van der Waals surface area contributed by atoms with Gasteiger partial charge in [-0.05, 0) is 32.6 Å². The van der Waals surface area contributed by atoms with Gasteiger partial charge in [-0.1, -0.05) is 13.8 Å². The molecule has 1 saturated carbocycles. The maximum atomic E-state index is 9.90. The van der Waals surface area contributed by atoms with Gasteiger partial charge in [-0.15, -0.1) is 0 Å². The average Bonchev–Trinajstić information content (AvgIpc) is 3.11. The molecule has 1 aromatic heterocycles. The minimum absolute atomic E-state index is 0.187. The molecular formula is C14H25N3O. The maximum absolute atomic E-state index is 9.90. The van der Waals surface area contributed by atoms with Crippen molar-refractivity contribution in [1.29, 1.82) is 0 Å². The molecule has 1 unspecified atom stereocenters. The fourth-order valence-electron chi connectivity index (χ4n) is 2.74. The first kappa shape index (κ1) is 13.6. The molecule has 102 valence electrons. The summed E-state index contributed by atoms with van der Waals surface area (Å²) in [6.45, 7) is 9.38. The second-order valence-electron chi connectivity index (χ2n) is 5.93. The van der Waals surface area contributed by atoms with Crippen LogP contribution in [0, 0.1) is 19.8 Å². The lowest BCUT2D eigenvalue weighted by Gasteiger charge is -2.36. The first-order valence-electron chi connectivity index (χ1n) is 6.85. The van der Waals surface area contributed by atoms with Gasteiger partial charge in [0.2, 0.25) is 0 Å². The summed E-state index contributed by atoms with van der Waals surface area (Å²) in [5, 5.41) is 13.5. The minimum Gasteiger partial charge on any atom is -0.394 e. The molecule has 1 fully saturated rings. The van der Waals surface area contributed by atoms with Crippen LogP contribution in [0.25, 0.3) is 0 Å². The third-order valence-corrected chi connectivity index (χ3v) is 4.01. The molecule has 0 spiro atoms. The van der Waals surface area contributed by atoms with E-state index in [1.165, 1.54) is 18.5 Å². The van der Waals surface area contributed by atoms with Gasteiger partial charge in [0, 0.05) is 18.3 Å². The topological polar surface area (TPSA) is 50.1 Å². The van der Waals surface area contributed by atoms with Gasteiger partial charge in [0.1, 0.15) is 0 Å². The second-order valence-corrected chi connectivity index (χ2v) is 5.93. The first-order chi connectivity index (χ1) is 8.48. The van der Waals surface area contributed by atoms with E-state index in [-0.39, 0.29) is 12.1 Å².